The second-order valence-electron chi connectivity index (χ2n) is 3.67. The van der Waals surface area contributed by atoms with Crippen molar-refractivity contribution in [2.24, 2.45) is 11.7 Å². The fourth-order valence-corrected chi connectivity index (χ4v) is 1.30. The van der Waals surface area contributed by atoms with Crippen LogP contribution < -0.4 is 10.5 Å². The van der Waals surface area contributed by atoms with Gasteiger partial charge in [0.1, 0.15) is 5.75 Å². The Morgan fingerprint density at radius 2 is 2.14 bits per heavy atom. The number of hydrogen-bond acceptors (Lipinski definition) is 2. The van der Waals surface area contributed by atoms with Gasteiger partial charge in [0.25, 0.3) is 0 Å². The monoisotopic (exact) mass is 213 g/mol. The molecule has 0 spiro atoms. The maximum Gasteiger partial charge on any atom is 0.137 e. The van der Waals surface area contributed by atoms with Crippen LogP contribution in [-0.2, 0) is 6.54 Å². The first-order valence-electron chi connectivity index (χ1n) is 4.74. The van der Waals surface area contributed by atoms with Gasteiger partial charge < -0.3 is 10.5 Å². The summed E-state index contributed by atoms with van der Waals surface area (Å²) < 4.78 is 5.52. The summed E-state index contributed by atoms with van der Waals surface area (Å²) >= 11 is 6.01. The van der Waals surface area contributed by atoms with Gasteiger partial charge >= 0.3 is 0 Å². The van der Waals surface area contributed by atoms with Gasteiger partial charge in [-0.15, -0.1) is 0 Å². The number of hydrogen-bond donors (Lipinski definition) is 1. The molecule has 2 N–H and O–H groups in total. The SMILES string of the molecule is CC(C)COc1ccc(CN)cc1Cl. The molecule has 0 aliphatic carbocycles. The van der Waals surface area contributed by atoms with Crippen molar-refractivity contribution in [2.75, 3.05) is 6.61 Å². The number of halogens is 1. The summed E-state index contributed by atoms with van der Waals surface area (Å²) in [6.07, 6.45) is 0. The largest absolute Gasteiger partial charge is 0.492 e. The molecule has 0 atom stereocenters. The van der Waals surface area contributed by atoms with Crippen LogP contribution in [0.25, 0.3) is 0 Å². The molecule has 0 saturated carbocycles. The molecule has 78 valence electrons. The molecule has 0 heterocycles. The molecule has 0 aromatic heterocycles. The maximum absolute atomic E-state index is 6.01. The summed E-state index contributed by atoms with van der Waals surface area (Å²) in [6, 6.07) is 5.64. The molecule has 1 aromatic rings. The zero-order chi connectivity index (χ0) is 10.6. The third-order valence-electron chi connectivity index (χ3n) is 1.80. The lowest BCUT2D eigenvalue weighted by atomic mass is 10.2. The van der Waals surface area contributed by atoms with E-state index >= 15 is 0 Å². The van der Waals surface area contributed by atoms with Gasteiger partial charge in [0.05, 0.1) is 11.6 Å². The van der Waals surface area contributed by atoms with Crippen LogP contribution in [0.2, 0.25) is 5.02 Å². The van der Waals surface area contributed by atoms with Crippen LogP contribution in [0.3, 0.4) is 0 Å². The van der Waals surface area contributed by atoms with Crippen molar-refractivity contribution in [3.8, 4) is 5.75 Å². The average Bonchev–Trinajstić information content (AvgIpc) is 2.15. The molecule has 0 aliphatic heterocycles. The minimum atomic E-state index is 0.500. The third kappa shape index (κ3) is 3.20. The van der Waals surface area contributed by atoms with E-state index in [1.54, 1.807) is 0 Å². The lowest BCUT2D eigenvalue weighted by Crippen LogP contribution is -2.05. The molecule has 2 nitrogen and oxygen atoms in total. The van der Waals surface area contributed by atoms with Crippen LogP contribution in [0.15, 0.2) is 18.2 Å². The van der Waals surface area contributed by atoms with Crippen LogP contribution in [0, 0.1) is 5.92 Å². The molecule has 0 bridgehead atoms. The van der Waals surface area contributed by atoms with E-state index in [1.807, 2.05) is 18.2 Å². The van der Waals surface area contributed by atoms with E-state index in [1.165, 1.54) is 0 Å². The fourth-order valence-electron chi connectivity index (χ4n) is 1.04. The van der Waals surface area contributed by atoms with Crippen LogP contribution in [-0.4, -0.2) is 6.61 Å². The molecule has 0 unspecified atom stereocenters. The smallest absolute Gasteiger partial charge is 0.137 e. The van der Waals surface area contributed by atoms with Gasteiger partial charge in [0.2, 0.25) is 0 Å². The van der Waals surface area contributed by atoms with Gasteiger partial charge in [-0.3, -0.25) is 0 Å². The Kier molecular flexibility index (Phi) is 4.23. The Morgan fingerprint density at radius 3 is 2.64 bits per heavy atom. The van der Waals surface area contributed by atoms with Crippen LogP contribution in [0.5, 0.6) is 5.75 Å². The van der Waals surface area contributed by atoms with E-state index in [9.17, 15) is 0 Å². The second kappa shape index (κ2) is 5.23. The predicted octanol–water partition coefficient (Wildman–Crippen LogP) is 2.83. The number of rotatable bonds is 4. The number of ether oxygens (including phenoxy) is 1. The highest BCUT2D eigenvalue weighted by atomic mass is 35.5. The van der Waals surface area contributed by atoms with Crippen molar-refractivity contribution in [1.82, 2.24) is 0 Å². The van der Waals surface area contributed by atoms with Crippen LogP contribution >= 0.6 is 11.6 Å². The molecule has 0 aliphatic rings. The van der Waals surface area contributed by atoms with Gasteiger partial charge in [0.15, 0.2) is 0 Å². The lowest BCUT2D eigenvalue weighted by Gasteiger charge is -2.10. The van der Waals surface area contributed by atoms with E-state index in [0.29, 0.717) is 24.1 Å². The van der Waals surface area contributed by atoms with E-state index in [4.69, 9.17) is 22.1 Å². The molecular weight excluding hydrogens is 198 g/mol. The lowest BCUT2D eigenvalue weighted by molar-refractivity contribution is 0.271. The highest BCUT2D eigenvalue weighted by Gasteiger charge is 2.03. The van der Waals surface area contributed by atoms with Crippen molar-refractivity contribution in [1.29, 1.82) is 0 Å². The molecule has 0 amide bonds. The van der Waals surface area contributed by atoms with Crippen LogP contribution in [0.1, 0.15) is 19.4 Å². The molecule has 0 radical (unpaired) electrons. The first-order chi connectivity index (χ1) is 6.63. The Morgan fingerprint density at radius 1 is 1.43 bits per heavy atom. The molecule has 3 heteroatoms. The van der Waals surface area contributed by atoms with Crippen molar-refractivity contribution in [3.63, 3.8) is 0 Å². The fraction of sp³-hybridized carbons (Fsp3) is 0.455. The van der Waals surface area contributed by atoms with E-state index in [-0.39, 0.29) is 0 Å². The maximum atomic E-state index is 6.01. The third-order valence-corrected chi connectivity index (χ3v) is 2.10. The summed E-state index contributed by atoms with van der Waals surface area (Å²) in [7, 11) is 0. The van der Waals surface area contributed by atoms with E-state index in [0.717, 1.165) is 11.3 Å². The zero-order valence-corrected chi connectivity index (χ0v) is 9.34. The molecule has 1 rings (SSSR count). The van der Waals surface area contributed by atoms with Crippen molar-refractivity contribution in [3.05, 3.63) is 28.8 Å². The Balaban J connectivity index is 2.69. The Labute approximate surface area is 90.0 Å². The molecule has 14 heavy (non-hydrogen) atoms. The minimum absolute atomic E-state index is 0.500. The van der Waals surface area contributed by atoms with Gasteiger partial charge in [-0.05, 0) is 23.6 Å². The highest BCUT2D eigenvalue weighted by Crippen LogP contribution is 2.25. The normalized spacial score (nSPS) is 10.6. The summed E-state index contributed by atoms with van der Waals surface area (Å²) in [6.45, 7) is 5.39. The predicted molar refractivity (Wildman–Crippen MR) is 59.7 cm³/mol. The minimum Gasteiger partial charge on any atom is -0.492 e. The first kappa shape index (κ1) is 11.3. The van der Waals surface area contributed by atoms with Gasteiger partial charge in [0, 0.05) is 6.54 Å². The molecule has 1 aromatic carbocycles. The van der Waals surface area contributed by atoms with Crippen molar-refractivity contribution in [2.45, 2.75) is 20.4 Å². The summed E-state index contributed by atoms with van der Waals surface area (Å²) in [5.41, 5.74) is 6.51. The van der Waals surface area contributed by atoms with Gasteiger partial charge in [-0.2, -0.15) is 0 Å². The van der Waals surface area contributed by atoms with E-state index < -0.39 is 0 Å². The molecule has 0 saturated heterocycles. The van der Waals surface area contributed by atoms with Gasteiger partial charge in [-0.25, -0.2) is 0 Å². The highest BCUT2D eigenvalue weighted by molar-refractivity contribution is 6.32. The average molecular weight is 214 g/mol. The molecular formula is C11H16ClNO. The van der Waals surface area contributed by atoms with Crippen molar-refractivity contribution >= 4 is 11.6 Å². The zero-order valence-electron chi connectivity index (χ0n) is 8.59. The van der Waals surface area contributed by atoms with Crippen LogP contribution in [0.4, 0.5) is 0 Å². The Hall–Kier alpha value is -0.730. The Bertz CT molecular complexity index is 299. The summed E-state index contributed by atoms with van der Waals surface area (Å²) in [5.74, 6) is 1.23. The quantitative estimate of drug-likeness (QED) is 0.835. The second-order valence-corrected chi connectivity index (χ2v) is 4.08. The summed E-state index contributed by atoms with van der Waals surface area (Å²) in [5, 5.41) is 0.633. The van der Waals surface area contributed by atoms with Crippen molar-refractivity contribution < 1.29 is 4.74 Å². The topological polar surface area (TPSA) is 35.2 Å². The van der Waals surface area contributed by atoms with E-state index in [2.05, 4.69) is 13.8 Å². The standard InChI is InChI=1S/C11H16ClNO/c1-8(2)7-14-11-4-3-9(6-13)5-10(11)12/h3-5,8H,6-7,13H2,1-2H3. The van der Waals surface area contributed by atoms with Gasteiger partial charge in [-0.1, -0.05) is 31.5 Å². The summed E-state index contributed by atoms with van der Waals surface area (Å²) in [4.78, 5) is 0. The first-order valence-corrected chi connectivity index (χ1v) is 5.12. The molecule has 0 fully saturated rings. The number of nitrogens with two attached hydrogens (primary N) is 1. The number of benzene rings is 1.